The maximum Gasteiger partial charge on any atom is 0.108 e. The van der Waals surface area contributed by atoms with E-state index < -0.39 is 0 Å². The molecule has 1 N–H and O–H groups in total. The summed E-state index contributed by atoms with van der Waals surface area (Å²) in [6.45, 7) is 1.80. The molecular formula is C16H21N3S. The van der Waals surface area contributed by atoms with Gasteiger partial charge in [-0.3, -0.25) is 0 Å². The van der Waals surface area contributed by atoms with Crippen molar-refractivity contribution >= 4 is 11.3 Å². The van der Waals surface area contributed by atoms with Crippen LogP contribution in [-0.2, 0) is 13.1 Å². The topological polar surface area (TPSA) is 28.2 Å². The predicted octanol–water partition coefficient (Wildman–Crippen LogP) is 3.12. The molecule has 4 heteroatoms. The maximum absolute atomic E-state index is 4.84. The SMILES string of the molecule is CN(C)Cc1nc(CNC2CC2)c(-c2ccccc2)s1. The highest BCUT2D eigenvalue weighted by molar-refractivity contribution is 7.15. The van der Waals surface area contributed by atoms with E-state index >= 15 is 0 Å². The van der Waals surface area contributed by atoms with Gasteiger partial charge in [0.1, 0.15) is 5.01 Å². The van der Waals surface area contributed by atoms with Crippen molar-refractivity contribution < 1.29 is 0 Å². The molecule has 1 aromatic carbocycles. The quantitative estimate of drug-likeness (QED) is 0.885. The molecule has 1 heterocycles. The Kier molecular flexibility index (Phi) is 4.15. The zero-order chi connectivity index (χ0) is 13.9. The van der Waals surface area contributed by atoms with Gasteiger partial charge in [0.15, 0.2) is 0 Å². The van der Waals surface area contributed by atoms with E-state index in [2.05, 4.69) is 54.6 Å². The van der Waals surface area contributed by atoms with Gasteiger partial charge < -0.3 is 10.2 Å². The molecule has 0 radical (unpaired) electrons. The molecule has 3 nitrogen and oxygen atoms in total. The minimum Gasteiger partial charge on any atom is -0.308 e. The van der Waals surface area contributed by atoms with Crippen LogP contribution in [0.1, 0.15) is 23.5 Å². The molecule has 0 aliphatic heterocycles. The zero-order valence-electron chi connectivity index (χ0n) is 12.1. The second-order valence-corrected chi connectivity index (χ2v) is 6.73. The summed E-state index contributed by atoms with van der Waals surface area (Å²) in [4.78, 5) is 8.33. The van der Waals surface area contributed by atoms with Crippen molar-refractivity contribution in [2.75, 3.05) is 14.1 Å². The van der Waals surface area contributed by atoms with Crippen LogP contribution in [0.5, 0.6) is 0 Å². The van der Waals surface area contributed by atoms with Crippen molar-refractivity contribution in [3.05, 3.63) is 41.0 Å². The molecule has 0 spiro atoms. The Morgan fingerprint density at radius 1 is 1.25 bits per heavy atom. The molecular weight excluding hydrogens is 266 g/mol. The molecule has 1 aliphatic rings. The van der Waals surface area contributed by atoms with E-state index in [1.54, 1.807) is 0 Å². The van der Waals surface area contributed by atoms with Gasteiger partial charge in [-0.2, -0.15) is 0 Å². The molecule has 106 valence electrons. The van der Waals surface area contributed by atoms with E-state index in [9.17, 15) is 0 Å². The Morgan fingerprint density at radius 2 is 2.00 bits per heavy atom. The molecule has 0 saturated heterocycles. The third kappa shape index (κ3) is 3.45. The second kappa shape index (κ2) is 6.04. The van der Waals surface area contributed by atoms with Crippen molar-refractivity contribution in [1.82, 2.24) is 15.2 Å². The highest BCUT2D eigenvalue weighted by Gasteiger charge is 2.22. The maximum atomic E-state index is 4.84. The van der Waals surface area contributed by atoms with Crippen LogP contribution in [0, 0.1) is 0 Å². The Hall–Kier alpha value is -1.23. The monoisotopic (exact) mass is 287 g/mol. The Balaban J connectivity index is 1.86. The third-order valence-electron chi connectivity index (χ3n) is 3.36. The van der Waals surface area contributed by atoms with Gasteiger partial charge in [0.05, 0.1) is 10.6 Å². The van der Waals surface area contributed by atoms with E-state index in [1.807, 2.05) is 11.3 Å². The number of hydrogen-bond acceptors (Lipinski definition) is 4. The minimum absolute atomic E-state index is 0.720. The van der Waals surface area contributed by atoms with Gasteiger partial charge in [0, 0.05) is 19.1 Å². The van der Waals surface area contributed by atoms with Crippen molar-refractivity contribution in [2.45, 2.75) is 32.0 Å². The summed E-state index contributed by atoms with van der Waals surface area (Å²) in [5.41, 5.74) is 2.48. The van der Waals surface area contributed by atoms with Crippen LogP contribution in [-0.4, -0.2) is 30.0 Å². The summed E-state index contributed by atoms with van der Waals surface area (Å²) in [5, 5.41) is 4.78. The molecule has 0 bridgehead atoms. The van der Waals surface area contributed by atoms with Gasteiger partial charge in [0.25, 0.3) is 0 Å². The summed E-state index contributed by atoms with van der Waals surface area (Å²) in [5.74, 6) is 0. The van der Waals surface area contributed by atoms with E-state index in [0.29, 0.717) is 0 Å². The molecule has 1 aromatic heterocycles. The highest BCUT2D eigenvalue weighted by Crippen LogP contribution is 2.31. The number of aromatic nitrogens is 1. The normalized spacial score (nSPS) is 14.9. The van der Waals surface area contributed by atoms with Crippen LogP contribution in [0.3, 0.4) is 0 Å². The van der Waals surface area contributed by atoms with Crippen LogP contribution in [0.2, 0.25) is 0 Å². The van der Waals surface area contributed by atoms with Crippen molar-refractivity contribution in [3.63, 3.8) is 0 Å². The minimum atomic E-state index is 0.720. The zero-order valence-corrected chi connectivity index (χ0v) is 12.9. The molecule has 20 heavy (non-hydrogen) atoms. The molecule has 2 aromatic rings. The lowest BCUT2D eigenvalue weighted by Crippen LogP contribution is -2.16. The first-order valence-corrected chi connectivity index (χ1v) is 7.96. The average Bonchev–Trinajstić information content (AvgIpc) is 3.18. The smallest absolute Gasteiger partial charge is 0.108 e. The van der Waals surface area contributed by atoms with Gasteiger partial charge in [-0.15, -0.1) is 11.3 Å². The van der Waals surface area contributed by atoms with Gasteiger partial charge in [0.2, 0.25) is 0 Å². The van der Waals surface area contributed by atoms with Crippen molar-refractivity contribution in [3.8, 4) is 10.4 Å². The van der Waals surface area contributed by atoms with E-state index in [1.165, 1.54) is 34.0 Å². The fourth-order valence-electron chi connectivity index (χ4n) is 2.20. The summed E-state index contributed by atoms with van der Waals surface area (Å²) in [6, 6.07) is 11.3. The summed E-state index contributed by atoms with van der Waals surface area (Å²) in [6.07, 6.45) is 2.63. The first kappa shape index (κ1) is 13.7. The molecule has 3 rings (SSSR count). The molecule has 1 fully saturated rings. The van der Waals surface area contributed by atoms with Crippen molar-refractivity contribution in [1.29, 1.82) is 0 Å². The second-order valence-electron chi connectivity index (χ2n) is 5.64. The summed E-state index contributed by atoms with van der Waals surface area (Å²) < 4.78 is 0. The predicted molar refractivity (Wildman–Crippen MR) is 84.8 cm³/mol. The third-order valence-corrected chi connectivity index (χ3v) is 4.50. The first-order chi connectivity index (χ1) is 9.72. The number of hydrogen-bond donors (Lipinski definition) is 1. The summed E-state index contributed by atoms with van der Waals surface area (Å²) >= 11 is 1.82. The number of thiazole rings is 1. The number of nitrogens with one attached hydrogen (secondary N) is 1. The number of rotatable bonds is 6. The van der Waals surface area contributed by atoms with Gasteiger partial charge in [-0.05, 0) is 32.5 Å². The Morgan fingerprint density at radius 3 is 2.65 bits per heavy atom. The largest absolute Gasteiger partial charge is 0.308 e. The van der Waals surface area contributed by atoms with Gasteiger partial charge >= 0.3 is 0 Å². The Bertz CT molecular complexity index is 558. The lowest BCUT2D eigenvalue weighted by atomic mass is 10.1. The molecule has 0 amide bonds. The highest BCUT2D eigenvalue weighted by atomic mass is 32.1. The summed E-state index contributed by atoms with van der Waals surface area (Å²) in [7, 11) is 4.18. The number of nitrogens with zero attached hydrogens (tertiary/aromatic N) is 2. The van der Waals surface area contributed by atoms with E-state index in [0.717, 1.165) is 19.1 Å². The van der Waals surface area contributed by atoms with Crippen LogP contribution in [0.15, 0.2) is 30.3 Å². The average molecular weight is 287 g/mol. The lowest BCUT2D eigenvalue weighted by molar-refractivity contribution is 0.401. The van der Waals surface area contributed by atoms with Gasteiger partial charge in [-0.25, -0.2) is 4.98 Å². The van der Waals surface area contributed by atoms with Crippen LogP contribution >= 0.6 is 11.3 Å². The van der Waals surface area contributed by atoms with Crippen LogP contribution in [0.4, 0.5) is 0 Å². The van der Waals surface area contributed by atoms with Crippen LogP contribution < -0.4 is 5.32 Å². The fourth-order valence-corrected chi connectivity index (χ4v) is 3.41. The standard InChI is InChI=1S/C16H21N3S/c1-19(2)11-15-18-14(10-17-13-8-9-13)16(20-15)12-6-4-3-5-7-12/h3-7,13,17H,8-11H2,1-2H3. The van der Waals surface area contributed by atoms with Crippen molar-refractivity contribution in [2.24, 2.45) is 0 Å². The number of benzene rings is 1. The Labute approximate surface area is 124 Å². The molecule has 1 saturated carbocycles. The van der Waals surface area contributed by atoms with E-state index in [-0.39, 0.29) is 0 Å². The first-order valence-electron chi connectivity index (χ1n) is 7.14. The molecule has 0 unspecified atom stereocenters. The van der Waals surface area contributed by atoms with E-state index in [4.69, 9.17) is 4.98 Å². The van der Waals surface area contributed by atoms with Gasteiger partial charge in [-0.1, -0.05) is 30.3 Å². The fraction of sp³-hybridized carbons (Fsp3) is 0.438. The lowest BCUT2D eigenvalue weighted by Gasteiger charge is -2.05. The molecule has 1 aliphatic carbocycles. The van der Waals surface area contributed by atoms with Crippen LogP contribution in [0.25, 0.3) is 10.4 Å². The molecule has 0 atom stereocenters.